The van der Waals surface area contributed by atoms with Gasteiger partial charge in [-0.15, -0.1) is 0 Å². The van der Waals surface area contributed by atoms with Gasteiger partial charge in [0.2, 0.25) is 0 Å². The lowest BCUT2D eigenvalue weighted by molar-refractivity contribution is 0.0528. The van der Waals surface area contributed by atoms with Gasteiger partial charge in [-0.3, -0.25) is 9.89 Å². The molecule has 0 saturated heterocycles. The topological polar surface area (TPSA) is 76.5 Å². The molecule has 0 radical (unpaired) electrons. The molecule has 0 aliphatic heterocycles. The van der Waals surface area contributed by atoms with Crippen LogP contribution < -0.4 is 5.56 Å². The number of nitrogens with zero attached hydrogens (tertiary/aromatic N) is 2. The summed E-state index contributed by atoms with van der Waals surface area (Å²) in [5.74, 6) is -0.506. The summed E-state index contributed by atoms with van der Waals surface area (Å²) in [6.45, 7) is 1.99. The molecule has 0 amide bonds. The third-order valence-corrected chi connectivity index (χ3v) is 3.06. The second-order valence-electron chi connectivity index (χ2n) is 4.41. The van der Waals surface area contributed by atoms with E-state index in [9.17, 15) is 9.59 Å². The maximum absolute atomic E-state index is 12.1. The van der Waals surface area contributed by atoms with E-state index in [1.54, 1.807) is 6.92 Å². The number of aromatic nitrogens is 3. The highest BCUT2D eigenvalue weighted by molar-refractivity contribution is 5.95. The minimum absolute atomic E-state index is 0.242. The number of hydrogen-bond donors (Lipinski definition) is 1. The smallest absolute Gasteiger partial charge is 0.343 e. The quantitative estimate of drug-likeness (QED) is 0.744. The van der Waals surface area contributed by atoms with Crippen molar-refractivity contribution >= 4 is 11.6 Å². The molecule has 0 atom stereocenters. The molecule has 2 aromatic heterocycles. The Labute approximate surface area is 120 Å². The molecule has 0 bridgehead atoms. The second kappa shape index (κ2) is 5.24. The number of carbonyl (C=O) groups excluding carboxylic acids is 1. The highest BCUT2D eigenvalue weighted by Gasteiger charge is 2.16. The van der Waals surface area contributed by atoms with Crippen molar-refractivity contribution in [2.75, 3.05) is 6.61 Å². The number of H-pyrrole nitrogens is 1. The average Bonchev–Trinajstić information content (AvgIpc) is 2.93. The first-order valence-corrected chi connectivity index (χ1v) is 6.54. The molecule has 21 heavy (non-hydrogen) atoms. The van der Waals surface area contributed by atoms with Gasteiger partial charge in [0.15, 0.2) is 5.65 Å². The van der Waals surface area contributed by atoms with Crippen LogP contribution in [0.15, 0.2) is 47.4 Å². The van der Waals surface area contributed by atoms with Crippen LogP contribution in [0.25, 0.3) is 16.9 Å². The number of aromatic amines is 1. The van der Waals surface area contributed by atoms with Gasteiger partial charge in [-0.2, -0.15) is 0 Å². The van der Waals surface area contributed by atoms with Crippen molar-refractivity contribution in [2.45, 2.75) is 6.92 Å². The Bertz CT molecular complexity index is 849. The number of fused-ring (bicyclic) bond motifs is 1. The lowest BCUT2D eigenvalue weighted by atomic mass is 10.1. The van der Waals surface area contributed by atoms with Gasteiger partial charge in [0.25, 0.3) is 5.56 Å². The van der Waals surface area contributed by atoms with Crippen molar-refractivity contribution in [1.29, 1.82) is 0 Å². The fourth-order valence-corrected chi connectivity index (χ4v) is 2.10. The maximum Gasteiger partial charge on any atom is 0.343 e. The first kappa shape index (κ1) is 13.1. The van der Waals surface area contributed by atoms with Gasteiger partial charge in [0, 0.05) is 17.8 Å². The van der Waals surface area contributed by atoms with Gasteiger partial charge in [0.1, 0.15) is 5.56 Å². The molecular formula is C15H13N3O3. The summed E-state index contributed by atoms with van der Waals surface area (Å²) in [5.41, 5.74) is 1.56. The maximum atomic E-state index is 12.1. The first-order valence-electron chi connectivity index (χ1n) is 6.54. The zero-order valence-electron chi connectivity index (χ0n) is 11.4. The van der Waals surface area contributed by atoms with E-state index in [0.717, 1.165) is 5.56 Å². The largest absolute Gasteiger partial charge is 0.462 e. The van der Waals surface area contributed by atoms with Crippen molar-refractivity contribution < 1.29 is 9.53 Å². The molecule has 0 unspecified atom stereocenters. The van der Waals surface area contributed by atoms with Gasteiger partial charge >= 0.3 is 5.97 Å². The fourth-order valence-electron chi connectivity index (χ4n) is 2.10. The van der Waals surface area contributed by atoms with Crippen LogP contribution in [-0.2, 0) is 4.74 Å². The van der Waals surface area contributed by atoms with Crippen LogP contribution in [0.4, 0.5) is 0 Å². The normalized spacial score (nSPS) is 10.7. The lowest BCUT2D eigenvalue weighted by Crippen LogP contribution is -2.15. The molecule has 0 aliphatic rings. The molecule has 6 nitrogen and oxygen atoms in total. The monoisotopic (exact) mass is 283 g/mol. The molecular weight excluding hydrogens is 270 g/mol. The van der Waals surface area contributed by atoms with Crippen molar-refractivity contribution in [3.63, 3.8) is 0 Å². The Hall–Kier alpha value is -2.89. The minimum Gasteiger partial charge on any atom is -0.462 e. The highest BCUT2D eigenvalue weighted by atomic mass is 16.5. The third kappa shape index (κ3) is 2.31. The van der Waals surface area contributed by atoms with E-state index in [1.807, 2.05) is 30.3 Å². The second-order valence-corrected chi connectivity index (χ2v) is 4.41. The van der Waals surface area contributed by atoms with Crippen molar-refractivity contribution in [1.82, 2.24) is 14.6 Å². The summed E-state index contributed by atoms with van der Waals surface area (Å²) >= 11 is 0. The summed E-state index contributed by atoms with van der Waals surface area (Å²) in [5, 5.41) is 2.72. The number of carbonyl (C=O) groups is 1. The van der Waals surface area contributed by atoms with Crippen LogP contribution >= 0.6 is 0 Å². The van der Waals surface area contributed by atoms with E-state index in [2.05, 4.69) is 10.1 Å². The van der Waals surface area contributed by atoms with Crippen molar-refractivity contribution in [2.24, 2.45) is 0 Å². The summed E-state index contributed by atoms with van der Waals surface area (Å²) in [6.07, 6.45) is 1.43. The van der Waals surface area contributed by atoms with E-state index < -0.39 is 5.97 Å². The predicted octanol–water partition coefficient (Wildman–Crippen LogP) is 1.87. The molecule has 106 valence electrons. The number of hydrogen-bond acceptors (Lipinski definition) is 4. The Morgan fingerprint density at radius 1 is 1.33 bits per heavy atom. The zero-order chi connectivity index (χ0) is 14.8. The average molecular weight is 283 g/mol. The molecule has 3 rings (SSSR count). The Morgan fingerprint density at radius 3 is 2.81 bits per heavy atom. The van der Waals surface area contributed by atoms with Gasteiger partial charge in [-0.25, -0.2) is 14.3 Å². The molecule has 2 heterocycles. The number of nitrogens with one attached hydrogen (secondary N) is 1. The zero-order valence-corrected chi connectivity index (χ0v) is 11.4. The molecule has 0 spiro atoms. The van der Waals surface area contributed by atoms with E-state index in [4.69, 9.17) is 4.74 Å². The summed E-state index contributed by atoms with van der Waals surface area (Å²) in [6, 6.07) is 10.7. The third-order valence-electron chi connectivity index (χ3n) is 3.06. The predicted molar refractivity (Wildman–Crippen MR) is 77.2 cm³/mol. The van der Waals surface area contributed by atoms with Crippen LogP contribution in [0.2, 0.25) is 0 Å². The van der Waals surface area contributed by atoms with Gasteiger partial charge in [-0.1, -0.05) is 30.3 Å². The minimum atomic E-state index is -0.506. The summed E-state index contributed by atoms with van der Waals surface area (Å²) in [4.78, 5) is 28.4. The van der Waals surface area contributed by atoms with Gasteiger partial charge in [0.05, 0.1) is 12.3 Å². The van der Waals surface area contributed by atoms with Crippen LogP contribution in [0.1, 0.15) is 17.3 Å². The van der Waals surface area contributed by atoms with Crippen molar-refractivity contribution in [3.05, 3.63) is 58.5 Å². The van der Waals surface area contributed by atoms with Crippen LogP contribution in [0, 0.1) is 0 Å². The van der Waals surface area contributed by atoms with E-state index >= 15 is 0 Å². The number of ether oxygens (including phenoxy) is 1. The lowest BCUT2D eigenvalue weighted by Gasteiger charge is -2.02. The van der Waals surface area contributed by atoms with Crippen LogP contribution in [-0.4, -0.2) is 27.2 Å². The molecule has 1 aromatic carbocycles. The number of rotatable bonds is 3. The van der Waals surface area contributed by atoms with Gasteiger partial charge < -0.3 is 4.74 Å². The standard InChI is InChI=1S/C15H13N3O3/c1-2-21-15(20)11-9-16-18-13(19)8-12(17-14(11)18)10-6-4-3-5-7-10/h3-9,16H,2H2,1H3. The molecule has 3 aromatic rings. The number of esters is 1. The number of benzene rings is 1. The summed E-state index contributed by atoms with van der Waals surface area (Å²) < 4.78 is 6.19. The van der Waals surface area contributed by atoms with Crippen LogP contribution in [0.5, 0.6) is 0 Å². The summed E-state index contributed by atoms with van der Waals surface area (Å²) in [7, 11) is 0. The van der Waals surface area contributed by atoms with Crippen LogP contribution in [0.3, 0.4) is 0 Å². The molecule has 1 N–H and O–H groups in total. The molecule has 0 saturated carbocycles. The highest BCUT2D eigenvalue weighted by Crippen LogP contribution is 2.17. The van der Waals surface area contributed by atoms with E-state index in [1.165, 1.54) is 16.8 Å². The van der Waals surface area contributed by atoms with Gasteiger partial charge in [-0.05, 0) is 6.92 Å². The van der Waals surface area contributed by atoms with E-state index in [0.29, 0.717) is 5.69 Å². The molecule has 6 heteroatoms. The molecule has 0 aliphatic carbocycles. The first-order chi connectivity index (χ1) is 10.2. The Balaban J connectivity index is 2.20. The SMILES string of the molecule is CCOC(=O)c1c[nH]n2c(=O)cc(-c3ccccc3)nc12. The Kier molecular flexibility index (Phi) is 3.27. The Morgan fingerprint density at radius 2 is 2.10 bits per heavy atom. The van der Waals surface area contributed by atoms with E-state index in [-0.39, 0.29) is 23.4 Å². The fraction of sp³-hybridized carbons (Fsp3) is 0.133. The van der Waals surface area contributed by atoms with Crippen molar-refractivity contribution in [3.8, 4) is 11.3 Å². The molecule has 0 fully saturated rings.